The van der Waals surface area contributed by atoms with Crippen LogP contribution in [0.3, 0.4) is 0 Å². The summed E-state index contributed by atoms with van der Waals surface area (Å²) < 4.78 is 18.3. The van der Waals surface area contributed by atoms with Gasteiger partial charge in [0.25, 0.3) is 0 Å². The summed E-state index contributed by atoms with van der Waals surface area (Å²) in [5, 5.41) is 0.639. The minimum Gasteiger partial charge on any atom is -0.423 e. The standard InChI is InChI=1S/C17H16ClFO2/c1-10(2)14-9-15(18)11(3)8-16(14)21-17(20)12-4-6-13(19)7-5-12/h4-10H,1-3H3. The van der Waals surface area contributed by atoms with Gasteiger partial charge in [-0.15, -0.1) is 0 Å². The number of carbonyl (C=O) groups is 1. The maximum atomic E-state index is 12.9. The number of rotatable bonds is 3. The van der Waals surface area contributed by atoms with Crippen LogP contribution in [0.5, 0.6) is 5.75 Å². The fourth-order valence-electron chi connectivity index (χ4n) is 1.95. The minimum atomic E-state index is -0.515. The number of hydrogen-bond acceptors (Lipinski definition) is 2. The SMILES string of the molecule is Cc1cc(OC(=O)c2ccc(F)cc2)c(C(C)C)cc1Cl. The van der Waals surface area contributed by atoms with Gasteiger partial charge in [0.15, 0.2) is 0 Å². The summed E-state index contributed by atoms with van der Waals surface area (Å²) in [7, 11) is 0. The van der Waals surface area contributed by atoms with E-state index in [4.69, 9.17) is 16.3 Å². The molecule has 0 aliphatic heterocycles. The Labute approximate surface area is 128 Å². The summed E-state index contributed by atoms with van der Waals surface area (Å²) in [4.78, 5) is 12.1. The topological polar surface area (TPSA) is 26.3 Å². The molecule has 0 saturated carbocycles. The van der Waals surface area contributed by atoms with E-state index < -0.39 is 11.8 Å². The molecule has 0 aromatic heterocycles. The highest BCUT2D eigenvalue weighted by atomic mass is 35.5. The van der Waals surface area contributed by atoms with Crippen molar-refractivity contribution < 1.29 is 13.9 Å². The van der Waals surface area contributed by atoms with Crippen molar-refractivity contribution in [3.05, 3.63) is 63.9 Å². The van der Waals surface area contributed by atoms with Crippen LogP contribution >= 0.6 is 11.6 Å². The van der Waals surface area contributed by atoms with Gasteiger partial charge in [0, 0.05) is 5.02 Å². The monoisotopic (exact) mass is 306 g/mol. The zero-order chi connectivity index (χ0) is 15.6. The summed E-state index contributed by atoms with van der Waals surface area (Å²) in [5.74, 6) is -0.254. The molecule has 0 atom stereocenters. The van der Waals surface area contributed by atoms with Crippen LogP contribution < -0.4 is 4.74 Å². The Balaban J connectivity index is 2.32. The van der Waals surface area contributed by atoms with Crippen LogP contribution in [0.1, 0.15) is 41.3 Å². The molecule has 0 N–H and O–H groups in total. The Morgan fingerprint density at radius 3 is 2.38 bits per heavy atom. The first-order valence-electron chi connectivity index (χ1n) is 6.66. The van der Waals surface area contributed by atoms with Crippen molar-refractivity contribution >= 4 is 17.6 Å². The average molecular weight is 307 g/mol. The van der Waals surface area contributed by atoms with Gasteiger partial charge in [-0.1, -0.05) is 25.4 Å². The first kappa shape index (κ1) is 15.5. The predicted octanol–water partition coefficient (Wildman–Crippen LogP) is 5.13. The van der Waals surface area contributed by atoms with Crippen LogP contribution in [0, 0.1) is 12.7 Å². The smallest absolute Gasteiger partial charge is 0.343 e. The molecule has 0 fully saturated rings. The lowest BCUT2D eigenvalue weighted by Gasteiger charge is -2.14. The van der Waals surface area contributed by atoms with Crippen LogP contribution in [-0.4, -0.2) is 5.97 Å². The molecule has 0 radical (unpaired) electrons. The third kappa shape index (κ3) is 3.61. The number of aryl methyl sites for hydroxylation is 1. The number of halogens is 2. The Morgan fingerprint density at radius 2 is 1.81 bits per heavy atom. The number of benzene rings is 2. The average Bonchev–Trinajstić information content (AvgIpc) is 2.43. The van der Waals surface area contributed by atoms with Crippen LogP contribution in [0.2, 0.25) is 5.02 Å². The molecule has 0 aliphatic carbocycles. The van der Waals surface area contributed by atoms with E-state index >= 15 is 0 Å². The highest BCUT2D eigenvalue weighted by Gasteiger charge is 2.15. The molecule has 2 rings (SSSR count). The van der Waals surface area contributed by atoms with Crippen LogP contribution in [-0.2, 0) is 0 Å². The van der Waals surface area contributed by atoms with Gasteiger partial charge in [0.2, 0.25) is 0 Å². The lowest BCUT2D eigenvalue weighted by Crippen LogP contribution is -2.10. The van der Waals surface area contributed by atoms with Crippen molar-refractivity contribution in [2.45, 2.75) is 26.7 Å². The number of carbonyl (C=O) groups excluding carboxylic acids is 1. The molecule has 2 aromatic rings. The molecule has 0 spiro atoms. The number of esters is 1. The van der Waals surface area contributed by atoms with E-state index in [0.29, 0.717) is 16.3 Å². The van der Waals surface area contributed by atoms with Crippen molar-refractivity contribution in [1.29, 1.82) is 0 Å². The van der Waals surface area contributed by atoms with Crippen LogP contribution in [0.15, 0.2) is 36.4 Å². The van der Waals surface area contributed by atoms with Gasteiger partial charge in [0.1, 0.15) is 11.6 Å². The minimum absolute atomic E-state index is 0.166. The molecule has 2 nitrogen and oxygen atoms in total. The zero-order valence-corrected chi connectivity index (χ0v) is 12.9. The van der Waals surface area contributed by atoms with E-state index in [0.717, 1.165) is 11.1 Å². The Hall–Kier alpha value is -1.87. The quantitative estimate of drug-likeness (QED) is 0.580. The molecule has 0 saturated heterocycles. The largest absolute Gasteiger partial charge is 0.423 e. The van der Waals surface area contributed by atoms with E-state index in [-0.39, 0.29) is 5.92 Å². The number of ether oxygens (including phenoxy) is 1. The normalized spacial score (nSPS) is 10.8. The van der Waals surface area contributed by atoms with E-state index in [1.807, 2.05) is 26.8 Å². The van der Waals surface area contributed by atoms with E-state index in [1.54, 1.807) is 6.07 Å². The highest BCUT2D eigenvalue weighted by molar-refractivity contribution is 6.31. The first-order valence-corrected chi connectivity index (χ1v) is 7.04. The molecule has 110 valence electrons. The van der Waals surface area contributed by atoms with Gasteiger partial charge in [-0.3, -0.25) is 0 Å². The Morgan fingerprint density at radius 1 is 1.19 bits per heavy atom. The molecular formula is C17H16ClFO2. The van der Waals surface area contributed by atoms with Crippen molar-refractivity contribution in [3.8, 4) is 5.75 Å². The second-order valence-electron chi connectivity index (χ2n) is 5.19. The zero-order valence-electron chi connectivity index (χ0n) is 12.1. The molecule has 0 aliphatic rings. The summed E-state index contributed by atoms with van der Waals surface area (Å²) in [6.07, 6.45) is 0. The van der Waals surface area contributed by atoms with Crippen LogP contribution in [0.25, 0.3) is 0 Å². The van der Waals surface area contributed by atoms with Gasteiger partial charge >= 0.3 is 5.97 Å². The second kappa shape index (κ2) is 6.27. The molecular weight excluding hydrogens is 291 g/mol. The van der Waals surface area contributed by atoms with Crippen molar-refractivity contribution in [3.63, 3.8) is 0 Å². The van der Waals surface area contributed by atoms with Crippen LogP contribution in [0.4, 0.5) is 4.39 Å². The Kier molecular flexibility index (Phi) is 4.63. The molecule has 4 heteroatoms. The summed E-state index contributed by atoms with van der Waals surface area (Å²) >= 11 is 6.12. The highest BCUT2D eigenvalue weighted by Crippen LogP contribution is 2.32. The number of hydrogen-bond donors (Lipinski definition) is 0. The molecule has 0 heterocycles. The lowest BCUT2D eigenvalue weighted by molar-refractivity contribution is 0.0732. The van der Waals surface area contributed by atoms with Gasteiger partial charge < -0.3 is 4.74 Å². The second-order valence-corrected chi connectivity index (χ2v) is 5.60. The maximum absolute atomic E-state index is 12.9. The van der Waals surface area contributed by atoms with E-state index in [1.165, 1.54) is 24.3 Å². The summed E-state index contributed by atoms with van der Waals surface area (Å²) in [5.41, 5.74) is 2.00. The third-order valence-corrected chi connectivity index (χ3v) is 3.60. The van der Waals surface area contributed by atoms with Gasteiger partial charge in [0.05, 0.1) is 5.56 Å². The van der Waals surface area contributed by atoms with Gasteiger partial charge in [-0.05, 0) is 60.4 Å². The molecule has 21 heavy (non-hydrogen) atoms. The van der Waals surface area contributed by atoms with E-state index in [2.05, 4.69) is 0 Å². The fraction of sp³-hybridized carbons (Fsp3) is 0.235. The first-order chi connectivity index (χ1) is 9.88. The fourth-order valence-corrected chi connectivity index (χ4v) is 2.13. The van der Waals surface area contributed by atoms with Gasteiger partial charge in [-0.25, -0.2) is 9.18 Å². The van der Waals surface area contributed by atoms with Crippen molar-refractivity contribution in [2.75, 3.05) is 0 Å². The third-order valence-electron chi connectivity index (χ3n) is 3.20. The molecule has 2 aromatic carbocycles. The van der Waals surface area contributed by atoms with Crippen molar-refractivity contribution in [1.82, 2.24) is 0 Å². The predicted molar refractivity (Wildman–Crippen MR) is 81.6 cm³/mol. The van der Waals surface area contributed by atoms with Gasteiger partial charge in [-0.2, -0.15) is 0 Å². The molecule has 0 bridgehead atoms. The molecule has 0 unspecified atom stereocenters. The Bertz CT molecular complexity index is 663. The van der Waals surface area contributed by atoms with Crippen molar-refractivity contribution in [2.24, 2.45) is 0 Å². The maximum Gasteiger partial charge on any atom is 0.343 e. The summed E-state index contributed by atoms with van der Waals surface area (Å²) in [6.45, 7) is 5.84. The lowest BCUT2D eigenvalue weighted by atomic mass is 10.0. The van der Waals surface area contributed by atoms with E-state index in [9.17, 15) is 9.18 Å². The molecule has 0 amide bonds. The summed E-state index contributed by atoms with van der Waals surface area (Å²) in [6, 6.07) is 8.82.